The highest BCUT2D eigenvalue weighted by Gasteiger charge is 2.16. The quantitative estimate of drug-likeness (QED) is 0.611. The van der Waals surface area contributed by atoms with E-state index in [0.29, 0.717) is 24.7 Å². The zero-order valence-corrected chi connectivity index (χ0v) is 9.30. The Morgan fingerprint density at radius 2 is 1.85 bits per heavy atom. The Morgan fingerprint density at radius 3 is 2.23 bits per heavy atom. The summed E-state index contributed by atoms with van der Waals surface area (Å²) in [5.74, 6) is 1.02. The fourth-order valence-corrected chi connectivity index (χ4v) is 1.60. The van der Waals surface area contributed by atoms with Gasteiger partial charge in [-0.1, -0.05) is 20.8 Å². The molecule has 1 unspecified atom stereocenters. The van der Waals surface area contributed by atoms with Crippen LogP contribution in [-0.2, 0) is 9.53 Å². The van der Waals surface area contributed by atoms with E-state index in [4.69, 9.17) is 4.74 Å². The molecule has 0 aliphatic heterocycles. The smallest absolute Gasteiger partial charge is 0.136 e. The molecule has 0 amide bonds. The van der Waals surface area contributed by atoms with Crippen LogP contribution in [-0.4, -0.2) is 19.5 Å². The molecule has 0 aromatic rings. The highest BCUT2D eigenvalue weighted by atomic mass is 16.5. The highest BCUT2D eigenvalue weighted by molar-refractivity contribution is 5.81. The van der Waals surface area contributed by atoms with Crippen LogP contribution in [0.2, 0.25) is 0 Å². The summed E-state index contributed by atoms with van der Waals surface area (Å²) < 4.78 is 5.00. The van der Waals surface area contributed by atoms with E-state index in [-0.39, 0.29) is 5.92 Å². The lowest BCUT2D eigenvalue weighted by Gasteiger charge is -2.14. The number of hydrogen-bond acceptors (Lipinski definition) is 2. The monoisotopic (exact) mass is 186 g/mol. The minimum Gasteiger partial charge on any atom is -0.384 e. The van der Waals surface area contributed by atoms with Gasteiger partial charge in [0.15, 0.2) is 0 Å². The molecular formula is C11H22O2. The molecule has 0 fully saturated rings. The van der Waals surface area contributed by atoms with Gasteiger partial charge in [-0.25, -0.2) is 0 Å². The van der Waals surface area contributed by atoms with E-state index in [9.17, 15) is 4.79 Å². The van der Waals surface area contributed by atoms with Gasteiger partial charge in [0, 0.05) is 26.1 Å². The number of Topliss-reactive ketones (excluding diaryl/α,β-unsaturated/α-hetero) is 1. The van der Waals surface area contributed by atoms with Crippen LogP contribution >= 0.6 is 0 Å². The predicted molar refractivity (Wildman–Crippen MR) is 54.7 cm³/mol. The van der Waals surface area contributed by atoms with Crippen molar-refractivity contribution in [1.82, 2.24) is 0 Å². The van der Waals surface area contributed by atoms with Crippen LogP contribution in [0.25, 0.3) is 0 Å². The maximum absolute atomic E-state index is 11.6. The number of rotatable bonds is 7. The second-order valence-electron chi connectivity index (χ2n) is 3.74. The Bertz CT molecular complexity index is 139. The fraction of sp³-hybridized carbons (Fsp3) is 0.909. The molecule has 1 atom stereocenters. The number of methoxy groups -OCH3 is 1. The first-order valence-corrected chi connectivity index (χ1v) is 5.17. The van der Waals surface area contributed by atoms with Crippen LogP contribution in [0.5, 0.6) is 0 Å². The van der Waals surface area contributed by atoms with Gasteiger partial charge in [0.05, 0.1) is 0 Å². The average molecular weight is 186 g/mol. The number of hydrogen-bond donors (Lipinski definition) is 0. The minimum atomic E-state index is 0.263. The van der Waals surface area contributed by atoms with Gasteiger partial charge in [0.1, 0.15) is 5.78 Å². The Morgan fingerprint density at radius 1 is 1.31 bits per heavy atom. The summed E-state index contributed by atoms with van der Waals surface area (Å²) in [5.41, 5.74) is 0. The van der Waals surface area contributed by atoms with Crippen LogP contribution in [0.15, 0.2) is 0 Å². The Hall–Kier alpha value is -0.370. The zero-order chi connectivity index (χ0) is 10.3. The van der Waals surface area contributed by atoms with Gasteiger partial charge in [-0.3, -0.25) is 4.79 Å². The molecule has 0 N–H and O–H groups in total. The van der Waals surface area contributed by atoms with Gasteiger partial charge in [0.25, 0.3) is 0 Å². The molecule has 2 nitrogen and oxygen atoms in total. The Balaban J connectivity index is 3.83. The molecule has 0 rings (SSSR count). The molecule has 0 saturated heterocycles. The largest absolute Gasteiger partial charge is 0.384 e. The first kappa shape index (κ1) is 12.6. The molecule has 0 aromatic heterocycles. The van der Waals surface area contributed by atoms with Crippen molar-refractivity contribution in [1.29, 1.82) is 0 Å². The molecule has 2 heteroatoms. The van der Waals surface area contributed by atoms with Crippen molar-refractivity contribution in [2.24, 2.45) is 11.8 Å². The van der Waals surface area contributed by atoms with Gasteiger partial charge >= 0.3 is 0 Å². The number of ether oxygens (including phenoxy) is 1. The maximum atomic E-state index is 11.6. The summed E-state index contributed by atoms with van der Waals surface area (Å²) in [5, 5.41) is 0. The third-order valence-corrected chi connectivity index (χ3v) is 2.44. The lowest BCUT2D eigenvalue weighted by atomic mass is 9.92. The van der Waals surface area contributed by atoms with Crippen molar-refractivity contribution < 1.29 is 9.53 Å². The molecule has 0 aliphatic rings. The van der Waals surface area contributed by atoms with Crippen molar-refractivity contribution in [3.8, 4) is 0 Å². The van der Waals surface area contributed by atoms with E-state index in [2.05, 4.69) is 20.8 Å². The normalized spacial score (nSPS) is 13.3. The fourth-order valence-electron chi connectivity index (χ4n) is 1.60. The second kappa shape index (κ2) is 7.07. The van der Waals surface area contributed by atoms with E-state index in [1.54, 1.807) is 7.11 Å². The SMILES string of the molecule is CCC(CC)C(=O)CC(C)COC. The molecular weight excluding hydrogens is 164 g/mol. The summed E-state index contributed by atoms with van der Waals surface area (Å²) in [4.78, 5) is 11.6. The van der Waals surface area contributed by atoms with Gasteiger partial charge < -0.3 is 4.74 Å². The average Bonchev–Trinajstić information content (AvgIpc) is 2.06. The summed E-state index contributed by atoms with van der Waals surface area (Å²) >= 11 is 0. The molecule has 0 heterocycles. The van der Waals surface area contributed by atoms with Crippen molar-refractivity contribution in [3.63, 3.8) is 0 Å². The van der Waals surface area contributed by atoms with Crippen LogP contribution in [0, 0.1) is 11.8 Å². The predicted octanol–water partition coefficient (Wildman–Crippen LogP) is 2.66. The first-order chi connectivity index (χ1) is 6.15. The second-order valence-corrected chi connectivity index (χ2v) is 3.74. The third kappa shape index (κ3) is 5.04. The van der Waals surface area contributed by atoms with E-state index < -0.39 is 0 Å². The topological polar surface area (TPSA) is 26.3 Å². The third-order valence-electron chi connectivity index (χ3n) is 2.44. The molecule has 0 radical (unpaired) electrons. The van der Waals surface area contributed by atoms with Crippen LogP contribution < -0.4 is 0 Å². The van der Waals surface area contributed by atoms with Crippen LogP contribution in [0.3, 0.4) is 0 Å². The van der Waals surface area contributed by atoms with Crippen LogP contribution in [0.1, 0.15) is 40.0 Å². The standard InChI is InChI=1S/C11H22O2/c1-5-10(6-2)11(12)7-9(3)8-13-4/h9-10H,5-8H2,1-4H3. The van der Waals surface area contributed by atoms with Crippen molar-refractivity contribution in [3.05, 3.63) is 0 Å². The molecule has 0 aromatic carbocycles. The van der Waals surface area contributed by atoms with E-state index in [0.717, 1.165) is 12.8 Å². The minimum absolute atomic E-state index is 0.263. The van der Waals surface area contributed by atoms with E-state index in [1.165, 1.54) is 0 Å². The van der Waals surface area contributed by atoms with Gasteiger partial charge in [-0.05, 0) is 18.8 Å². The number of carbonyl (C=O) groups excluding carboxylic acids is 1. The van der Waals surface area contributed by atoms with E-state index >= 15 is 0 Å². The van der Waals surface area contributed by atoms with Crippen molar-refractivity contribution >= 4 is 5.78 Å². The zero-order valence-electron chi connectivity index (χ0n) is 9.30. The number of ketones is 1. The maximum Gasteiger partial charge on any atom is 0.136 e. The summed E-state index contributed by atoms with van der Waals surface area (Å²) in [6, 6.07) is 0. The van der Waals surface area contributed by atoms with Gasteiger partial charge in [-0.15, -0.1) is 0 Å². The molecule has 78 valence electrons. The molecule has 0 bridgehead atoms. The molecule has 0 spiro atoms. The van der Waals surface area contributed by atoms with Gasteiger partial charge in [0.2, 0.25) is 0 Å². The Kier molecular flexibility index (Phi) is 6.87. The molecule has 13 heavy (non-hydrogen) atoms. The van der Waals surface area contributed by atoms with Crippen LogP contribution in [0.4, 0.5) is 0 Å². The molecule has 0 aliphatic carbocycles. The molecule has 0 saturated carbocycles. The van der Waals surface area contributed by atoms with Gasteiger partial charge in [-0.2, -0.15) is 0 Å². The Labute approximate surface area is 81.7 Å². The first-order valence-electron chi connectivity index (χ1n) is 5.17. The summed E-state index contributed by atoms with van der Waals surface area (Å²) in [7, 11) is 1.68. The lowest BCUT2D eigenvalue weighted by molar-refractivity contribution is -0.124. The van der Waals surface area contributed by atoms with E-state index in [1.807, 2.05) is 0 Å². The lowest BCUT2D eigenvalue weighted by Crippen LogP contribution is -2.17. The number of carbonyl (C=O) groups is 1. The van der Waals surface area contributed by atoms with Crippen molar-refractivity contribution in [2.45, 2.75) is 40.0 Å². The summed E-state index contributed by atoms with van der Waals surface area (Å²) in [6.07, 6.45) is 2.60. The van der Waals surface area contributed by atoms with Crippen molar-refractivity contribution in [2.75, 3.05) is 13.7 Å². The summed E-state index contributed by atoms with van der Waals surface area (Å²) in [6.45, 7) is 6.90. The highest BCUT2D eigenvalue weighted by Crippen LogP contribution is 2.14.